The standard InChI is InChI=1S/C22H23N5O5/c1-2-31-22(28)16-9-12-26(21-19(27(29)30)4-3-10-24-21)20(14-16)32-18-7-5-17(6-8-18)25-13-11-23-15-25/h3-8,10-11,13,15-16,20H,2,9,12,14H2,1H3. The van der Waals surface area contributed by atoms with E-state index in [2.05, 4.69) is 9.97 Å². The summed E-state index contributed by atoms with van der Waals surface area (Å²) in [6.07, 6.45) is 6.94. The van der Waals surface area contributed by atoms with E-state index in [-0.39, 0.29) is 23.4 Å². The number of nitrogens with zero attached hydrogens (tertiary/aromatic N) is 5. The monoisotopic (exact) mass is 437 g/mol. The van der Waals surface area contributed by atoms with Gasteiger partial charge in [0.05, 0.1) is 23.8 Å². The van der Waals surface area contributed by atoms with Crippen LogP contribution in [0.4, 0.5) is 11.5 Å². The van der Waals surface area contributed by atoms with Gasteiger partial charge in [0.25, 0.3) is 0 Å². The van der Waals surface area contributed by atoms with E-state index in [0.29, 0.717) is 31.7 Å². The summed E-state index contributed by atoms with van der Waals surface area (Å²) in [6, 6.07) is 10.3. The lowest BCUT2D eigenvalue weighted by Gasteiger charge is -2.38. The van der Waals surface area contributed by atoms with Crippen molar-refractivity contribution >= 4 is 17.5 Å². The van der Waals surface area contributed by atoms with Crippen LogP contribution in [0.2, 0.25) is 0 Å². The molecule has 0 spiro atoms. The predicted octanol–water partition coefficient (Wildman–Crippen LogP) is 3.36. The van der Waals surface area contributed by atoms with Gasteiger partial charge in [0, 0.05) is 43.3 Å². The number of anilines is 1. The second kappa shape index (κ2) is 9.46. The van der Waals surface area contributed by atoms with Gasteiger partial charge >= 0.3 is 11.7 Å². The fourth-order valence-corrected chi connectivity index (χ4v) is 3.77. The zero-order valence-corrected chi connectivity index (χ0v) is 17.5. The smallest absolute Gasteiger partial charge is 0.311 e. The Labute approximate surface area is 184 Å². The number of aromatic nitrogens is 3. The summed E-state index contributed by atoms with van der Waals surface area (Å²) < 4.78 is 13.3. The molecule has 0 aliphatic carbocycles. The van der Waals surface area contributed by atoms with E-state index in [9.17, 15) is 14.9 Å². The third-order valence-electron chi connectivity index (χ3n) is 5.32. The zero-order valence-electron chi connectivity index (χ0n) is 17.5. The Bertz CT molecular complexity index is 1070. The number of hydrogen-bond donors (Lipinski definition) is 0. The number of piperidine rings is 1. The van der Waals surface area contributed by atoms with E-state index in [1.807, 2.05) is 35.0 Å². The molecule has 0 bridgehead atoms. The second-order valence-electron chi connectivity index (χ2n) is 7.31. The van der Waals surface area contributed by atoms with E-state index in [1.165, 1.54) is 18.3 Å². The molecule has 1 aliphatic heterocycles. The van der Waals surface area contributed by atoms with Crippen LogP contribution >= 0.6 is 0 Å². The van der Waals surface area contributed by atoms with Crippen molar-refractivity contribution in [2.24, 2.45) is 5.92 Å². The maximum Gasteiger partial charge on any atom is 0.311 e. The number of rotatable bonds is 7. The lowest BCUT2D eigenvalue weighted by Crippen LogP contribution is -2.48. The predicted molar refractivity (Wildman–Crippen MR) is 116 cm³/mol. The summed E-state index contributed by atoms with van der Waals surface area (Å²) in [5.74, 6) is 0.155. The summed E-state index contributed by atoms with van der Waals surface area (Å²) in [5.41, 5.74) is 0.811. The summed E-state index contributed by atoms with van der Waals surface area (Å²) in [6.45, 7) is 2.44. The van der Waals surface area contributed by atoms with Gasteiger partial charge in [-0.15, -0.1) is 0 Å². The molecular formula is C22H23N5O5. The Morgan fingerprint density at radius 3 is 2.75 bits per heavy atom. The molecule has 3 aromatic rings. The van der Waals surface area contributed by atoms with E-state index >= 15 is 0 Å². The fourth-order valence-electron chi connectivity index (χ4n) is 3.77. The highest BCUT2D eigenvalue weighted by molar-refractivity contribution is 5.73. The minimum atomic E-state index is -0.620. The number of ether oxygens (including phenoxy) is 2. The molecule has 1 saturated heterocycles. The Balaban J connectivity index is 1.60. The summed E-state index contributed by atoms with van der Waals surface area (Å²) in [4.78, 5) is 33.5. The zero-order chi connectivity index (χ0) is 22.5. The van der Waals surface area contributed by atoms with Crippen LogP contribution in [0.5, 0.6) is 5.75 Å². The maximum absolute atomic E-state index is 12.4. The molecule has 0 radical (unpaired) electrons. The van der Waals surface area contributed by atoms with E-state index < -0.39 is 11.2 Å². The van der Waals surface area contributed by atoms with Crippen LogP contribution in [0.3, 0.4) is 0 Å². The van der Waals surface area contributed by atoms with Crippen LogP contribution in [0, 0.1) is 16.0 Å². The van der Waals surface area contributed by atoms with Gasteiger partial charge in [-0.1, -0.05) is 0 Å². The molecule has 3 heterocycles. The molecule has 32 heavy (non-hydrogen) atoms. The highest BCUT2D eigenvalue weighted by atomic mass is 16.6. The molecule has 1 aliphatic rings. The van der Waals surface area contributed by atoms with Gasteiger partial charge in [-0.25, -0.2) is 9.97 Å². The van der Waals surface area contributed by atoms with Crippen molar-refractivity contribution in [1.29, 1.82) is 0 Å². The van der Waals surface area contributed by atoms with Crippen molar-refractivity contribution in [3.8, 4) is 11.4 Å². The number of benzene rings is 1. The minimum Gasteiger partial charge on any atom is -0.470 e. The molecule has 1 fully saturated rings. The Kier molecular flexibility index (Phi) is 6.29. The Morgan fingerprint density at radius 1 is 1.25 bits per heavy atom. The molecule has 2 unspecified atom stereocenters. The molecule has 2 aromatic heterocycles. The molecular weight excluding hydrogens is 414 g/mol. The lowest BCUT2D eigenvalue weighted by atomic mass is 9.95. The van der Waals surface area contributed by atoms with Crippen LogP contribution in [0.1, 0.15) is 19.8 Å². The lowest BCUT2D eigenvalue weighted by molar-refractivity contribution is -0.384. The molecule has 2 atom stereocenters. The fraction of sp³-hybridized carbons (Fsp3) is 0.318. The van der Waals surface area contributed by atoms with Crippen LogP contribution < -0.4 is 9.64 Å². The maximum atomic E-state index is 12.4. The van der Waals surface area contributed by atoms with Crippen molar-refractivity contribution in [2.75, 3.05) is 18.1 Å². The first-order valence-corrected chi connectivity index (χ1v) is 10.3. The average molecular weight is 437 g/mol. The number of carbonyl (C=O) groups excluding carboxylic acids is 1. The normalized spacial score (nSPS) is 18.2. The third kappa shape index (κ3) is 4.53. The van der Waals surface area contributed by atoms with E-state index in [4.69, 9.17) is 9.47 Å². The van der Waals surface area contributed by atoms with Gasteiger partial charge in [-0.2, -0.15) is 0 Å². The van der Waals surface area contributed by atoms with Crippen molar-refractivity contribution in [3.05, 3.63) is 71.4 Å². The van der Waals surface area contributed by atoms with Crippen LogP contribution in [0.15, 0.2) is 61.3 Å². The first-order chi connectivity index (χ1) is 15.6. The molecule has 0 N–H and O–H groups in total. The number of hydrogen-bond acceptors (Lipinski definition) is 8. The topological polar surface area (TPSA) is 113 Å². The van der Waals surface area contributed by atoms with Gasteiger partial charge in [0.2, 0.25) is 5.82 Å². The van der Waals surface area contributed by atoms with Crippen molar-refractivity contribution < 1.29 is 19.2 Å². The highest BCUT2D eigenvalue weighted by Crippen LogP contribution is 2.34. The van der Waals surface area contributed by atoms with Crippen LogP contribution in [0.25, 0.3) is 5.69 Å². The largest absolute Gasteiger partial charge is 0.470 e. The molecule has 4 rings (SSSR count). The number of carbonyl (C=O) groups is 1. The molecule has 0 amide bonds. The van der Waals surface area contributed by atoms with E-state index in [0.717, 1.165) is 5.69 Å². The van der Waals surface area contributed by atoms with Crippen molar-refractivity contribution in [2.45, 2.75) is 26.0 Å². The van der Waals surface area contributed by atoms with E-state index in [1.54, 1.807) is 24.3 Å². The number of imidazole rings is 1. The second-order valence-corrected chi connectivity index (χ2v) is 7.31. The van der Waals surface area contributed by atoms with Gasteiger partial charge in [-0.3, -0.25) is 14.9 Å². The van der Waals surface area contributed by atoms with Crippen molar-refractivity contribution in [3.63, 3.8) is 0 Å². The summed E-state index contributed by atoms with van der Waals surface area (Å²) in [7, 11) is 0. The molecule has 0 saturated carbocycles. The number of nitro groups is 1. The quantitative estimate of drug-likeness (QED) is 0.314. The first-order valence-electron chi connectivity index (χ1n) is 10.3. The minimum absolute atomic E-state index is 0.105. The van der Waals surface area contributed by atoms with Crippen LogP contribution in [-0.2, 0) is 9.53 Å². The number of esters is 1. The van der Waals surface area contributed by atoms with Crippen LogP contribution in [-0.4, -0.2) is 44.8 Å². The molecule has 10 heteroatoms. The Hall–Kier alpha value is -3.95. The molecule has 1 aromatic carbocycles. The SMILES string of the molecule is CCOC(=O)C1CCN(c2ncccc2[N+](=O)[O-])C(Oc2ccc(-n3ccnc3)cc2)C1. The average Bonchev–Trinajstić information content (AvgIpc) is 3.35. The number of pyridine rings is 1. The Morgan fingerprint density at radius 2 is 2.06 bits per heavy atom. The molecule has 166 valence electrons. The van der Waals surface area contributed by atoms with Gasteiger partial charge < -0.3 is 18.9 Å². The van der Waals surface area contributed by atoms with Gasteiger partial charge in [0.15, 0.2) is 6.23 Å². The van der Waals surface area contributed by atoms with Crippen molar-refractivity contribution in [1.82, 2.24) is 14.5 Å². The summed E-state index contributed by atoms with van der Waals surface area (Å²) >= 11 is 0. The van der Waals surface area contributed by atoms with Gasteiger partial charge in [0.1, 0.15) is 5.75 Å². The summed E-state index contributed by atoms with van der Waals surface area (Å²) in [5, 5.41) is 11.6. The van der Waals surface area contributed by atoms with Gasteiger partial charge in [-0.05, 0) is 43.7 Å². The third-order valence-corrected chi connectivity index (χ3v) is 5.32. The highest BCUT2D eigenvalue weighted by Gasteiger charge is 2.37. The first kappa shape index (κ1) is 21.3. The molecule has 10 nitrogen and oxygen atoms in total.